The van der Waals surface area contributed by atoms with E-state index in [2.05, 4.69) is 14.9 Å². The van der Waals surface area contributed by atoms with Crippen molar-refractivity contribution >= 4 is 12.0 Å². The zero-order valence-electron chi connectivity index (χ0n) is 13.0. The average molecular weight is 341 g/mol. The summed E-state index contributed by atoms with van der Waals surface area (Å²) in [6, 6.07) is 12.3. The Balaban J connectivity index is 1.88. The lowest BCUT2D eigenvalue weighted by atomic mass is 10.1. The Morgan fingerprint density at radius 3 is 2.72 bits per heavy atom. The Morgan fingerprint density at radius 2 is 1.96 bits per heavy atom. The van der Waals surface area contributed by atoms with Crippen LogP contribution in [0.25, 0.3) is 22.8 Å². The summed E-state index contributed by atoms with van der Waals surface area (Å²) in [5.41, 5.74) is 0.866. The van der Waals surface area contributed by atoms with E-state index in [1.54, 1.807) is 24.3 Å². The molecule has 3 rings (SSSR count). The first kappa shape index (κ1) is 16.3. The smallest absolute Gasteiger partial charge is 0.413 e. The van der Waals surface area contributed by atoms with Gasteiger partial charge in [0.05, 0.1) is 12.7 Å². The third-order valence-corrected chi connectivity index (χ3v) is 3.31. The molecule has 1 N–H and O–H groups in total. The van der Waals surface area contributed by atoms with Gasteiger partial charge in [0.1, 0.15) is 5.82 Å². The van der Waals surface area contributed by atoms with Crippen LogP contribution in [0.5, 0.6) is 0 Å². The molecule has 1 aromatic heterocycles. The molecule has 2 aromatic carbocycles. The van der Waals surface area contributed by atoms with Crippen LogP contribution >= 0.6 is 0 Å². The Morgan fingerprint density at radius 1 is 1.16 bits per heavy atom. The van der Waals surface area contributed by atoms with Gasteiger partial charge in [-0.25, -0.2) is 9.18 Å². The second-order valence-electron chi connectivity index (χ2n) is 4.93. The number of hydrogen-bond donors (Lipinski definition) is 1. The van der Waals surface area contributed by atoms with Crippen molar-refractivity contribution in [3.8, 4) is 22.8 Å². The number of alkyl carbamates (subject to hydrolysis) is 1. The number of halogens is 1. The van der Waals surface area contributed by atoms with Crippen molar-refractivity contribution in [1.29, 1.82) is 0 Å². The van der Waals surface area contributed by atoms with Crippen LogP contribution in [0.2, 0.25) is 0 Å². The lowest BCUT2D eigenvalue weighted by Crippen LogP contribution is -2.30. The van der Waals surface area contributed by atoms with E-state index in [4.69, 9.17) is 4.52 Å². The molecule has 3 aromatic rings. The van der Waals surface area contributed by atoms with E-state index < -0.39 is 17.8 Å². The fourth-order valence-electron chi connectivity index (χ4n) is 2.10. The predicted molar refractivity (Wildman–Crippen MR) is 85.0 cm³/mol. The van der Waals surface area contributed by atoms with Crippen molar-refractivity contribution in [3.63, 3.8) is 0 Å². The summed E-state index contributed by atoms with van der Waals surface area (Å²) in [6.45, 7) is 0. The van der Waals surface area contributed by atoms with E-state index in [9.17, 15) is 14.0 Å². The number of methoxy groups -OCH3 is 1. The molecule has 0 bridgehead atoms. The van der Waals surface area contributed by atoms with Crippen LogP contribution in [0.1, 0.15) is 10.4 Å². The van der Waals surface area contributed by atoms with Crippen LogP contribution in [0.15, 0.2) is 53.1 Å². The van der Waals surface area contributed by atoms with Gasteiger partial charge in [-0.3, -0.25) is 10.1 Å². The highest BCUT2D eigenvalue weighted by Crippen LogP contribution is 2.24. The van der Waals surface area contributed by atoms with Gasteiger partial charge in [0.2, 0.25) is 5.82 Å². The van der Waals surface area contributed by atoms with Crippen LogP contribution in [0, 0.1) is 5.82 Å². The van der Waals surface area contributed by atoms with E-state index in [1.807, 2.05) is 5.32 Å². The molecule has 0 saturated carbocycles. The third-order valence-electron chi connectivity index (χ3n) is 3.31. The lowest BCUT2D eigenvalue weighted by Gasteiger charge is -2.03. The summed E-state index contributed by atoms with van der Waals surface area (Å²) < 4.78 is 23.3. The van der Waals surface area contributed by atoms with Gasteiger partial charge in [-0.1, -0.05) is 29.4 Å². The van der Waals surface area contributed by atoms with Crippen molar-refractivity contribution in [2.45, 2.75) is 0 Å². The second-order valence-corrected chi connectivity index (χ2v) is 4.93. The highest BCUT2D eigenvalue weighted by Gasteiger charge is 2.16. The number of rotatable bonds is 3. The number of carbonyl (C=O) groups excluding carboxylic acids is 2. The molecule has 0 saturated heterocycles. The van der Waals surface area contributed by atoms with Crippen LogP contribution in [0.4, 0.5) is 9.18 Å². The van der Waals surface area contributed by atoms with Crippen LogP contribution in [-0.2, 0) is 4.74 Å². The standard InChI is InChI=1S/C17H12FN3O4/c1-24-17(23)20-15(22)11-6-4-5-10(9-11)14-19-16(25-21-14)12-7-2-3-8-13(12)18/h2-9H,1H3,(H,20,22,23). The number of nitrogens with one attached hydrogen (secondary N) is 1. The molecule has 0 aliphatic carbocycles. The fraction of sp³-hybridized carbons (Fsp3) is 0.0588. The Kier molecular flexibility index (Phi) is 4.51. The number of carbonyl (C=O) groups is 2. The minimum Gasteiger partial charge on any atom is -0.453 e. The molecule has 0 fully saturated rings. The summed E-state index contributed by atoms with van der Waals surface area (Å²) in [7, 11) is 1.16. The minimum absolute atomic E-state index is 0.0255. The van der Waals surface area contributed by atoms with Crippen LogP contribution in [-0.4, -0.2) is 29.3 Å². The normalized spacial score (nSPS) is 10.3. The Bertz CT molecular complexity index is 939. The molecule has 0 radical (unpaired) electrons. The zero-order chi connectivity index (χ0) is 17.8. The van der Waals surface area contributed by atoms with Crippen molar-refractivity contribution in [1.82, 2.24) is 15.5 Å². The zero-order valence-corrected chi connectivity index (χ0v) is 13.0. The molecule has 0 aliphatic rings. The number of aromatic nitrogens is 2. The van der Waals surface area contributed by atoms with Gasteiger partial charge in [-0.2, -0.15) is 4.98 Å². The van der Waals surface area contributed by atoms with Gasteiger partial charge < -0.3 is 9.26 Å². The average Bonchev–Trinajstić information content (AvgIpc) is 3.12. The number of benzene rings is 2. The van der Waals surface area contributed by atoms with Gasteiger partial charge in [-0.05, 0) is 24.3 Å². The molecule has 2 amide bonds. The largest absolute Gasteiger partial charge is 0.453 e. The number of imide groups is 1. The minimum atomic E-state index is -0.864. The fourth-order valence-corrected chi connectivity index (χ4v) is 2.10. The first-order chi connectivity index (χ1) is 12.1. The van der Waals surface area contributed by atoms with Crippen LogP contribution in [0.3, 0.4) is 0 Å². The van der Waals surface area contributed by atoms with E-state index in [0.717, 1.165) is 7.11 Å². The second kappa shape index (κ2) is 6.91. The van der Waals surface area contributed by atoms with Gasteiger partial charge in [0.15, 0.2) is 0 Å². The van der Waals surface area contributed by atoms with E-state index in [1.165, 1.54) is 24.3 Å². The maximum Gasteiger partial charge on any atom is 0.413 e. The third kappa shape index (κ3) is 3.52. The maximum absolute atomic E-state index is 13.8. The van der Waals surface area contributed by atoms with Gasteiger partial charge in [0.25, 0.3) is 11.8 Å². The van der Waals surface area contributed by atoms with Gasteiger partial charge in [-0.15, -0.1) is 0 Å². The number of ether oxygens (including phenoxy) is 1. The molecule has 8 heteroatoms. The molecule has 7 nitrogen and oxygen atoms in total. The number of hydrogen-bond acceptors (Lipinski definition) is 6. The SMILES string of the molecule is COC(=O)NC(=O)c1cccc(-c2noc(-c3ccccc3F)n2)c1. The molecule has 25 heavy (non-hydrogen) atoms. The highest BCUT2D eigenvalue weighted by molar-refractivity contribution is 6.03. The quantitative estimate of drug-likeness (QED) is 0.787. The summed E-state index contributed by atoms with van der Waals surface area (Å²) in [5, 5.41) is 5.85. The van der Waals surface area contributed by atoms with Crippen molar-refractivity contribution in [3.05, 3.63) is 59.9 Å². The lowest BCUT2D eigenvalue weighted by molar-refractivity contribution is 0.0937. The number of nitrogens with zero attached hydrogens (tertiary/aromatic N) is 2. The van der Waals surface area contributed by atoms with Crippen molar-refractivity contribution < 1.29 is 23.2 Å². The summed E-state index contributed by atoms with van der Waals surface area (Å²) in [4.78, 5) is 27.2. The van der Waals surface area contributed by atoms with E-state index >= 15 is 0 Å². The Labute approximate surface area is 141 Å². The molecule has 126 valence electrons. The highest BCUT2D eigenvalue weighted by atomic mass is 19.1. The summed E-state index contributed by atoms with van der Waals surface area (Å²) in [6.07, 6.45) is -0.864. The maximum atomic E-state index is 13.8. The predicted octanol–water partition coefficient (Wildman–Crippen LogP) is 3.04. The first-order valence-corrected chi connectivity index (χ1v) is 7.17. The van der Waals surface area contributed by atoms with Gasteiger partial charge >= 0.3 is 6.09 Å². The number of amides is 2. The molecule has 0 atom stereocenters. The summed E-state index contributed by atoms with van der Waals surface area (Å²) in [5.74, 6) is -0.904. The first-order valence-electron chi connectivity index (χ1n) is 7.17. The van der Waals surface area contributed by atoms with Crippen molar-refractivity contribution in [2.24, 2.45) is 0 Å². The summed E-state index contributed by atoms with van der Waals surface area (Å²) >= 11 is 0. The van der Waals surface area contributed by atoms with Crippen LogP contribution < -0.4 is 5.32 Å². The van der Waals surface area contributed by atoms with E-state index in [-0.39, 0.29) is 22.8 Å². The molecule has 0 aliphatic heterocycles. The topological polar surface area (TPSA) is 94.3 Å². The Hall–Kier alpha value is -3.55. The molecule has 0 spiro atoms. The molecule has 0 unspecified atom stereocenters. The van der Waals surface area contributed by atoms with Crippen molar-refractivity contribution in [2.75, 3.05) is 7.11 Å². The molecular weight excluding hydrogens is 329 g/mol. The molecular formula is C17H12FN3O4. The van der Waals surface area contributed by atoms with E-state index in [0.29, 0.717) is 5.56 Å². The van der Waals surface area contributed by atoms with Gasteiger partial charge in [0, 0.05) is 11.1 Å². The monoisotopic (exact) mass is 341 g/mol. The molecule has 1 heterocycles.